The zero-order valence-corrected chi connectivity index (χ0v) is 21.4. The zero-order valence-electron chi connectivity index (χ0n) is 21.4. The lowest BCUT2D eigenvalue weighted by Crippen LogP contribution is -2.32. The third kappa shape index (κ3) is 5.54. The van der Waals surface area contributed by atoms with E-state index >= 15 is 0 Å². The topological polar surface area (TPSA) is 81.5 Å². The molecular formula is C28H35N5O3. The van der Waals surface area contributed by atoms with Crippen molar-refractivity contribution in [3.63, 3.8) is 0 Å². The minimum atomic E-state index is -0.0364. The average molecular weight is 490 g/mol. The summed E-state index contributed by atoms with van der Waals surface area (Å²) in [6.07, 6.45) is 2.56. The first-order valence-electron chi connectivity index (χ1n) is 12.8. The first kappa shape index (κ1) is 24.3. The molecule has 0 saturated heterocycles. The van der Waals surface area contributed by atoms with Crippen molar-refractivity contribution in [2.45, 2.75) is 46.6 Å². The molecule has 8 heteroatoms. The Labute approximate surface area is 212 Å². The van der Waals surface area contributed by atoms with Gasteiger partial charge in [-0.15, -0.1) is 10.2 Å². The summed E-state index contributed by atoms with van der Waals surface area (Å²) in [6, 6.07) is 12.2. The largest absolute Gasteiger partial charge is 0.454 e. The van der Waals surface area contributed by atoms with E-state index < -0.39 is 0 Å². The molecule has 190 valence electrons. The lowest BCUT2D eigenvalue weighted by Gasteiger charge is -2.24. The van der Waals surface area contributed by atoms with E-state index in [0.29, 0.717) is 25.7 Å². The maximum absolute atomic E-state index is 12.6. The number of carbonyl (C=O) groups is 1. The molecule has 3 aromatic rings. The number of hydrogen-bond donors (Lipinski definition) is 1. The lowest BCUT2D eigenvalue weighted by molar-refractivity contribution is 0.0953. The van der Waals surface area contributed by atoms with Crippen molar-refractivity contribution >= 4 is 5.91 Å². The summed E-state index contributed by atoms with van der Waals surface area (Å²) in [5.74, 6) is 4.16. The number of hydrogen-bond acceptors (Lipinski definition) is 6. The fourth-order valence-corrected chi connectivity index (χ4v) is 5.22. The summed E-state index contributed by atoms with van der Waals surface area (Å²) >= 11 is 0. The summed E-state index contributed by atoms with van der Waals surface area (Å²) in [5.41, 5.74) is 4.17. The number of rotatable bonds is 8. The second-order valence-corrected chi connectivity index (χ2v) is 10.1. The lowest BCUT2D eigenvalue weighted by atomic mass is 10.00. The van der Waals surface area contributed by atoms with Gasteiger partial charge < -0.3 is 24.3 Å². The Morgan fingerprint density at radius 2 is 1.92 bits per heavy atom. The van der Waals surface area contributed by atoms with Crippen molar-refractivity contribution in [1.29, 1.82) is 0 Å². The molecule has 36 heavy (non-hydrogen) atoms. The van der Waals surface area contributed by atoms with E-state index in [1.54, 1.807) is 0 Å². The van der Waals surface area contributed by atoms with Crippen molar-refractivity contribution in [2.24, 2.45) is 5.92 Å². The van der Waals surface area contributed by atoms with Gasteiger partial charge >= 0.3 is 0 Å². The van der Waals surface area contributed by atoms with Gasteiger partial charge in [-0.2, -0.15) is 0 Å². The van der Waals surface area contributed by atoms with E-state index in [-0.39, 0.29) is 5.91 Å². The molecule has 3 heterocycles. The van der Waals surface area contributed by atoms with Crippen LogP contribution in [0.3, 0.4) is 0 Å². The number of nitrogens with zero attached hydrogens (tertiary/aromatic N) is 4. The van der Waals surface area contributed by atoms with E-state index in [1.807, 2.05) is 38.1 Å². The van der Waals surface area contributed by atoms with Crippen LogP contribution in [0.5, 0.6) is 11.5 Å². The number of aromatic nitrogens is 3. The normalized spacial score (nSPS) is 15.9. The van der Waals surface area contributed by atoms with E-state index in [0.717, 1.165) is 78.9 Å². The summed E-state index contributed by atoms with van der Waals surface area (Å²) < 4.78 is 13.2. The van der Waals surface area contributed by atoms with E-state index in [9.17, 15) is 4.79 Å². The fourth-order valence-electron chi connectivity index (χ4n) is 5.22. The van der Waals surface area contributed by atoms with Gasteiger partial charge in [-0.25, -0.2) is 0 Å². The van der Waals surface area contributed by atoms with Crippen LogP contribution < -0.4 is 14.8 Å². The molecule has 1 N–H and O–H groups in total. The van der Waals surface area contributed by atoms with Crippen molar-refractivity contribution < 1.29 is 14.3 Å². The smallest absolute Gasteiger partial charge is 0.251 e. The highest BCUT2D eigenvalue weighted by molar-refractivity contribution is 5.95. The maximum atomic E-state index is 12.6. The van der Waals surface area contributed by atoms with Crippen LogP contribution in [-0.4, -0.2) is 58.5 Å². The van der Waals surface area contributed by atoms with Crippen molar-refractivity contribution in [3.8, 4) is 11.5 Å². The number of aryl methyl sites for hydroxylation is 2. The first-order valence-corrected chi connectivity index (χ1v) is 12.8. The molecule has 5 rings (SSSR count). The third-order valence-corrected chi connectivity index (χ3v) is 7.05. The number of benzene rings is 2. The van der Waals surface area contributed by atoms with E-state index in [4.69, 9.17) is 9.47 Å². The molecule has 0 saturated carbocycles. The Morgan fingerprint density at radius 1 is 1.06 bits per heavy atom. The van der Waals surface area contributed by atoms with Gasteiger partial charge in [0.15, 0.2) is 11.5 Å². The average Bonchev–Trinajstić information content (AvgIpc) is 3.41. The van der Waals surface area contributed by atoms with Crippen LogP contribution in [0.2, 0.25) is 0 Å². The highest BCUT2D eigenvalue weighted by Gasteiger charge is 2.21. The molecule has 0 bridgehead atoms. The summed E-state index contributed by atoms with van der Waals surface area (Å²) in [5, 5.41) is 11.9. The quantitative estimate of drug-likeness (QED) is 0.523. The zero-order chi connectivity index (χ0) is 25.1. The predicted octanol–water partition coefficient (Wildman–Crippen LogP) is 3.33. The Kier molecular flexibility index (Phi) is 7.23. The molecule has 1 amide bonds. The molecule has 0 radical (unpaired) electrons. The minimum Gasteiger partial charge on any atom is -0.454 e. The molecule has 0 fully saturated rings. The number of ether oxygens (including phenoxy) is 2. The van der Waals surface area contributed by atoms with Gasteiger partial charge in [-0.1, -0.05) is 30.7 Å². The van der Waals surface area contributed by atoms with Gasteiger partial charge in [-0.3, -0.25) is 4.79 Å². The van der Waals surface area contributed by atoms with Crippen LogP contribution >= 0.6 is 0 Å². The standard InChI is InChI=1S/C28H35N5O3/c1-19-4-6-23(21(3)14-19)28(34)29-10-8-26-30-31-27-9-11-32(12-13-33(26)27)17-20(2)15-22-5-7-24-25(16-22)36-18-35-24/h4-7,14,16,20H,8-13,15,17-18H2,1-3H3,(H,29,34). The molecule has 0 aliphatic carbocycles. The van der Waals surface area contributed by atoms with Crippen molar-refractivity contribution in [2.75, 3.05) is 33.0 Å². The molecule has 0 spiro atoms. The highest BCUT2D eigenvalue weighted by Crippen LogP contribution is 2.33. The molecule has 1 unspecified atom stereocenters. The van der Waals surface area contributed by atoms with Crippen LogP contribution in [0.25, 0.3) is 0 Å². The maximum Gasteiger partial charge on any atom is 0.251 e. The Bertz CT molecular complexity index is 1240. The summed E-state index contributed by atoms with van der Waals surface area (Å²) in [7, 11) is 0. The van der Waals surface area contributed by atoms with Gasteiger partial charge in [0.2, 0.25) is 6.79 Å². The molecular weight excluding hydrogens is 454 g/mol. The van der Waals surface area contributed by atoms with Crippen LogP contribution in [0, 0.1) is 19.8 Å². The molecule has 2 aliphatic heterocycles. The predicted molar refractivity (Wildman–Crippen MR) is 138 cm³/mol. The van der Waals surface area contributed by atoms with Crippen molar-refractivity contribution in [1.82, 2.24) is 25.0 Å². The second-order valence-electron chi connectivity index (χ2n) is 10.1. The van der Waals surface area contributed by atoms with Gasteiger partial charge in [0.05, 0.1) is 0 Å². The Balaban J connectivity index is 1.11. The highest BCUT2D eigenvalue weighted by atomic mass is 16.7. The van der Waals surface area contributed by atoms with Crippen LogP contribution in [0.4, 0.5) is 0 Å². The molecule has 1 atom stereocenters. The fraction of sp³-hybridized carbons (Fsp3) is 0.464. The Morgan fingerprint density at radius 3 is 2.78 bits per heavy atom. The summed E-state index contributed by atoms with van der Waals surface area (Å²) in [6.45, 7) is 11.0. The molecule has 2 aromatic carbocycles. The number of fused-ring (bicyclic) bond motifs is 2. The number of nitrogens with one attached hydrogen (secondary N) is 1. The first-order chi connectivity index (χ1) is 17.5. The van der Waals surface area contributed by atoms with Crippen LogP contribution in [0.15, 0.2) is 36.4 Å². The molecule has 8 nitrogen and oxygen atoms in total. The molecule has 2 aliphatic rings. The van der Waals surface area contributed by atoms with Crippen LogP contribution in [0.1, 0.15) is 45.6 Å². The van der Waals surface area contributed by atoms with Gasteiger partial charge in [-0.05, 0) is 55.5 Å². The SMILES string of the molecule is Cc1ccc(C(=O)NCCc2nnc3n2CCN(CC(C)Cc2ccc4c(c2)OCO4)CC3)c(C)c1. The van der Waals surface area contributed by atoms with E-state index in [1.165, 1.54) is 5.56 Å². The van der Waals surface area contributed by atoms with Crippen molar-refractivity contribution in [3.05, 3.63) is 70.3 Å². The Hall–Kier alpha value is -3.39. The summed E-state index contributed by atoms with van der Waals surface area (Å²) in [4.78, 5) is 15.1. The van der Waals surface area contributed by atoms with Crippen LogP contribution in [-0.2, 0) is 25.8 Å². The van der Waals surface area contributed by atoms with Gasteiger partial charge in [0.25, 0.3) is 5.91 Å². The molecule has 1 aromatic heterocycles. The number of carbonyl (C=O) groups excluding carboxylic acids is 1. The second kappa shape index (κ2) is 10.7. The minimum absolute atomic E-state index is 0.0364. The van der Waals surface area contributed by atoms with Gasteiger partial charge in [0.1, 0.15) is 11.6 Å². The number of amides is 1. The third-order valence-electron chi connectivity index (χ3n) is 7.05. The monoisotopic (exact) mass is 489 g/mol. The van der Waals surface area contributed by atoms with Gasteiger partial charge in [0, 0.05) is 51.1 Å². The van der Waals surface area contributed by atoms with E-state index in [2.05, 4.69) is 44.0 Å².